The van der Waals surface area contributed by atoms with Crippen LogP contribution in [0.25, 0.3) is 0 Å². The van der Waals surface area contributed by atoms with Crippen molar-refractivity contribution >= 4 is 11.9 Å². The first kappa shape index (κ1) is 16.2. The molecule has 0 fully saturated rings. The van der Waals surface area contributed by atoms with Crippen LogP contribution in [0.15, 0.2) is 0 Å². The van der Waals surface area contributed by atoms with Crippen LogP contribution in [0.5, 0.6) is 6.01 Å². The molecule has 0 aromatic carbocycles. The second-order valence-corrected chi connectivity index (χ2v) is 3.90. The Morgan fingerprint density at radius 2 is 1.90 bits per heavy atom. The van der Waals surface area contributed by atoms with Gasteiger partial charge in [0.25, 0.3) is 0 Å². The molecule has 0 atom stereocenters. The number of alkyl halides is 3. The highest BCUT2D eigenvalue weighted by molar-refractivity contribution is 5.34. The largest absolute Gasteiger partial charge is 0.463 e. The molecule has 0 spiro atoms. The SMILES string of the molecule is CCCOc1nc(NN)nc(NCCCC(F)(F)F)n1. The second-order valence-electron chi connectivity index (χ2n) is 3.90. The van der Waals surface area contributed by atoms with Gasteiger partial charge in [0.2, 0.25) is 11.9 Å². The Morgan fingerprint density at radius 1 is 1.20 bits per heavy atom. The number of rotatable bonds is 8. The summed E-state index contributed by atoms with van der Waals surface area (Å²) in [6.07, 6.45) is -4.34. The van der Waals surface area contributed by atoms with E-state index in [9.17, 15) is 13.2 Å². The van der Waals surface area contributed by atoms with Crippen LogP contribution in [0.4, 0.5) is 25.1 Å². The monoisotopic (exact) mass is 294 g/mol. The van der Waals surface area contributed by atoms with Gasteiger partial charge in [-0.1, -0.05) is 6.92 Å². The van der Waals surface area contributed by atoms with Crippen LogP contribution in [0.1, 0.15) is 26.2 Å². The zero-order valence-corrected chi connectivity index (χ0v) is 11.0. The zero-order chi connectivity index (χ0) is 15.0. The van der Waals surface area contributed by atoms with Crippen molar-refractivity contribution in [3.05, 3.63) is 0 Å². The quantitative estimate of drug-likeness (QED) is 0.381. The maximum absolute atomic E-state index is 12.0. The molecule has 0 saturated heterocycles. The molecule has 1 rings (SSSR count). The first-order valence-electron chi connectivity index (χ1n) is 6.10. The predicted octanol–water partition coefficient (Wildman–Crippen LogP) is 1.70. The Kier molecular flexibility index (Phi) is 6.22. The molecule has 0 aliphatic rings. The van der Waals surface area contributed by atoms with Crippen LogP contribution in [0.2, 0.25) is 0 Å². The third kappa shape index (κ3) is 6.36. The minimum Gasteiger partial charge on any atom is -0.463 e. The normalized spacial score (nSPS) is 11.2. The summed E-state index contributed by atoms with van der Waals surface area (Å²) >= 11 is 0. The first-order chi connectivity index (χ1) is 9.44. The molecular formula is C10H17F3N6O. The van der Waals surface area contributed by atoms with Gasteiger partial charge in [0.05, 0.1) is 6.61 Å². The number of aromatic nitrogens is 3. The Bertz CT molecular complexity index is 414. The van der Waals surface area contributed by atoms with E-state index in [0.717, 1.165) is 6.42 Å². The van der Waals surface area contributed by atoms with Gasteiger partial charge in [-0.15, -0.1) is 0 Å². The van der Waals surface area contributed by atoms with E-state index in [0.29, 0.717) is 6.61 Å². The summed E-state index contributed by atoms with van der Waals surface area (Å²) in [4.78, 5) is 11.6. The van der Waals surface area contributed by atoms with Gasteiger partial charge in [-0.3, -0.25) is 5.43 Å². The van der Waals surface area contributed by atoms with Crippen LogP contribution >= 0.6 is 0 Å². The van der Waals surface area contributed by atoms with Crippen LogP contribution in [-0.4, -0.2) is 34.3 Å². The Labute approximate surface area is 114 Å². The number of hydrazine groups is 1. The van der Waals surface area contributed by atoms with E-state index in [2.05, 4.69) is 25.7 Å². The van der Waals surface area contributed by atoms with Gasteiger partial charge in [-0.05, 0) is 12.8 Å². The van der Waals surface area contributed by atoms with Gasteiger partial charge in [-0.2, -0.15) is 28.1 Å². The van der Waals surface area contributed by atoms with Gasteiger partial charge in [-0.25, -0.2) is 5.84 Å². The van der Waals surface area contributed by atoms with E-state index < -0.39 is 12.6 Å². The molecule has 20 heavy (non-hydrogen) atoms. The lowest BCUT2D eigenvalue weighted by atomic mass is 10.3. The summed E-state index contributed by atoms with van der Waals surface area (Å²) in [5, 5.41) is 2.67. The fourth-order valence-electron chi connectivity index (χ4n) is 1.25. The average Bonchev–Trinajstić information content (AvgIpc) is 2.40. The van der Waals surface area contributed by atoms with Crippen molar-refractivity contribution in [2.24, 2.45) is 5.84 Å². The molecular weight excluding hydrogens is 277 g/mol. The van der Waals surface area contributed by atoms with E-state index in [4.69, 9.17) is 10.6 Å². The van der Waals surface area contributed by atoms with Crippen LogP contribution in [-0.2, 0) is 0 Å². The molecule has 7 nitrogen and oxygen atoms in total. The number of anilines is 2. The lowest BCUT2D eigenvalue weighted by molar-refractivity contribution is -0.134. The van der Waals surface area contributed by atoms with Gasteiger partial charge in [0, 0.05) is 13.0 Å². The maximum Gasteiger partial charge on any atom is 0.389 e. The van der Waals surface area contributed by atoms with E-state index in [1.54, 1.807) is 0 Å². The second kappa shape index (κ2) is 7.68. The van der Waals surface area contributed by atoms with Crippen molar-refractivity contribution < 1.29 is 17.9 Å². The van der Waals surface area contributed by atoms with E-state index in [1.807, 2.05) is 6.92 Å². The molecule has 1 heterocycles. The highest BCUT2D eigenvalue weighted by Gasteiger charge is 2.25. The molecule has 114 valence electrons. The molecule has 0 bridgehead atoms. The van der Waals surface area contributed by atoms with Crippen LogP contribution < -0.4 is 21.3 Å². The van der Waals surface area contributed by atoms with Gasteiger partial charge >= 0.3 is 12.2 Å². The molecule has 1 aromatic rings. The van der Waals surface area contributed by atoms with Crippen molar-refractivity contribution in [3.63, 3.8) is 0 Å². The smallest absolute Gasteiger partial charge is 0.389 e. The molecule has 0 aliphatic carbocycles. The summed E-state index contributed by atoms with van der Waals surface area (Å²) in [6, 6.07) is 0.0631. The van der Waals surface area contributed by atoms with Crippen molar-refractivity contribution in [1.29, 1.82) is 0 Å². The Balaban J connectivity index is 2.55. The van der Waals surface area contributed by atoms with Crippen molar-refractivity contribution in [3.8, 4) is 6.01 Å². The van der Waals surface area contributed by atoms with Crippen molar-refractivity contribution in [1.82, 2.24) is 15.0 Å². The summed E-state index contributed by atoms with van der Waals surface area (Å²) in [6.45, 7) is 2.42. The molecule has 0 amide bonds. The van der Waals surface area contributed by atoms with Crippen molar-refractivity contribution in [2.45, 2.75) is 32.4 Å². The number of hydrogen-bond donors (Lipinski definition) is 3. The lowest BCUT2D eigenvalue weighted by Gasteiger charge is -2.09. The zero-order valence-electron chi connectivity index (χ0n) is 11.0. The molecule has 0 radical (unpaired) electrons. The Morgan fingerprint density at radius 3 is 2.50 bits per heavy atom. The van der Waals surface area contributed by atoms with E-state index in [-0.39, 0.29) is 30.9 Å². The maximum atomic E-state index is 12.0. The third-order valence-electron chi connectivity index (χ3n) is 2.10. The number of nitrogens with two attached hydrogens (primary N) is 1. The third-order valence-corrected chi connectivity index (χ3v) is 2.10. The van der Waals surface area contributed by atoms with Crippen molar-refractivity contribution in [2.75, 3.05) is 23.9 Å². The highest BCUT2D eigenvalue weighted by atomic mass is 19.4. The topological polar surface area (TPSA) is 98.0 Å². The van der Waals surface area contributed by atoms with E-state index in [1.165, 1.54) is 0 Å². The van der Waals surface area contributed by atoms with Crippen LogP contribution in [0.3, 0.4) is 0 Å². The number of halogens is 3. The number of hydrogen-bond acceptors (Lipinski definition) is 7. The summed E-state index contributed by atoms with van der Waals surface area (Å²) in [5.74, 6) is 5.38. The molecule has 4 N–H and O–H groups in total. The molecule has 0 saturated carbocycles. The van der Waals surface area contributed by atoms with Gasteiger partial charge in [0.1, 0.15) is 0 Å². The molecule has 10 heteroatoms. The number of nitrogen functional groups attached to an aromatic ring is 1. The average molecular weight is 294 g/mol. The molecule has 0 unspecified atom stereocenters. The fourth-order valence-corrected chi connectivity index (χ4v) is 1.25. The highest BCUT2D eigenvalue weighted by Crippen LogP contribution is 2.21. The Hall–Kier alpha value is -1.84. The predicted molar refractivity (Wildman–Crippen MR) is 67.2 cm³/mol. The minimum absolute atomic E-state index is 0.0631. The standard InChI is InChI=1S/C10H17F3N6O/c1-2-6-20-9-17-7(16-8(18-9)19-14)15-5-3-4-10(11,12)13/h2-6,14H2,1H3,(H2,15,16,17,18,19). The number of nitrogens with one attached hydrogen (secondary N) is 2. The fraction of sp³-hybridized carbons (Fsp3) is 0.700. The number of ether oxygens (including phenoxy) is 1. The summed E-state index contributed by atoms with van der Waals surface area (Å²) in [5.41, 5.74) is 2.24. The summed E-state index contributed by atoms with van der Waals surface area (Å²) < 4.78 is 41.2. The number of nitrogens with zero attached hydrogens (tertiary/aromatic N) is 3. The van der Waals surface area contributed by atoms with Crippen LogP contribution in [0, 0.1) is 0 Å². The van der Waals surface area contributed by atoms with E-state index >= 15 is 0 Å². The molecule has 0 aliphatic heterocycles. The first-order valence-corrected chi connectivity index (χ1v) is 6.10. The molecule has 1 aromatic heterocycles. The summed E-state index contributed by atoms with van der Waals surface area (Å²) in [7, 11) is 0. The minimum atomic E-state index is -4.17. The lowest BCUT2D eigenvalue weighted by Crippen LogP contribution is -2.16. The van der Waals surface area contributed by atoms with Gasteiger partial charge in [0.15, 0.2) is 0 Å². The van der Waals surface area contributed by atoms with Gasteiger partial charge < -0.3 is 10.1 Å².